The number of aryl methyl sites for hydroxylation is 1. The third-order valence-corrected chi connectivity index (χ3v) is 4.44. The van der Waals surface area contributed by atoms with Gasteiger partial charge >= 0.3 is 0 Å². The Balaban J connectivity index is 2.11. The molecule has 0 atom stereocenters. The lowest BCUT2D eigenvalue weighted by atomic mass is 10.3. The third kappa shape index (κ3) is 2.70. The zero-order valence-electron chi connectivity index (χ0n) is 9.62. The molecule has 2 nitrogen and oxygen atoms in total. The highest BCUT2D eigenvalue weighted by Crippen LogP contribution is 2.29. The van der Waals surface area contributed by atoms with E-state index in [1.807, 2.05) is 11.3 Å². The van der Waals surface area contributed by atoms with Crippen LogP contribution in [0, 0.1) is 0 Å². The van der Waals surface area contributed by atoms with E-state index >= 15 is 0 Å². The Morgan fingerprint density at radius 2 is 2.19 bits per heavy atom. The van der Waals surface area contributed by atoms with Gasteiger partial charge < -0.3 is 5.32 Å². The molecule has 0 aliphatic heterocycles. The molecule has 0 saturated carbocycles. The maximum atomic E-state index is 4.63. The molecule has 2 heterocycles. The van der Waals surface area contributed by atoms with Gasteiger partial charge in [0.2, 0.25) is 0 Å². The first-order valence-electron chi connectivity index (χ1n) is 5.57. The quantitative estimate of drug-likeness (QED) is 0.880. The van der Waals surface area contributed by atoms with Crippen LogP contribution >= 0.6 is 22.7 Å². The number of thiazole rings is 1. The second kappa shape index (κ2) is 5.57. The monoisotopic (exact) mass is 252 g/mol. The second-order valence-corrected chi connectivity index (χ2v) is 5.64. The number of thiophene rings is 1. The van der Waals surface area contributed by atoms with Crippen LogP contribution < -0.4 is 5.32 Å². The fourth-order valence-corrected chi connectivity index (χ4v) is 3.19. The smallest absolute Gasteiger partial charge is 0.107 e. The van der Waals surface area contributed by atoms with Crippen molar-refractivity contribution in [2.24, 2.45) is 0 Å². The fourth-order valence-electron chi connectivity index (χ4n) is 1.44. The Kier molecular flexibility index (Phi) is 4.09. The van der Waals surface area contributed by atoms with E-state index in [2.05, 4.69) is 41.7 Å². The Morgan fingerprint density at radius 1 is 1.31 bits per heavy atom. The zero-order chi connectivity index (χ0) is 11.4. The van der Waals surface area contributed by atoms with Gasteiger partial charge in [0.05, 0.1) is 10.6 Å². The van der Waals surface area contributed by atoms with Crippen molar-refractivity contribution >= 4 is 22.7 Å². The molecule has 2 aromatic heterocycles. The van der Waals surface area contributed by atoms with E-state index in [0.717, 1.165) is 25.2 Å². The first-order valence-corrected chi connectivity index (χ1v) is 7.27. The lowest BCUT2D eigenvalue weighted by Gasteiger charge is -1.95. The number of rotatable bonds is 5. The fraction of sp³-hybridized carbons (Fsp3) is 0.417. The molecule has 0 fully saturated rings. The van der Waals surface area contributed by atoms with Gasteiger partial charge in [-0.05, 0) is 25.1 Å². The predicted octanol–water partition coefficient (Wildman–Crippen LogP) is 3.54. The summed E-state index contributed by atoms with van der Waals surface area (Å²) >= 11 is 3.58. The highest BCUT2D eigenvalue weighted by atomic mass is 32.1. The number of hydrogen-bond donors (Lipinski definition) is 1. The molecule has 0 amide bonds. The van der Waals surface area contributed by atoms with Crippen molar-refractivity contribution in [2.75, 3.05) is 6.54 Å². The van der Waals surface area contributed by atoms with E-state index in [0.29, 0.717) is 0 Å². The molecule has 0 aromatic carbocycles. The predicted molar refractivity (Wildman–Crippen MR) is 72.2 cm³/mol. The van der Waals surface area contributed by atoms with Crippen molar-refractivity contribution < 1.29 is 0 Å². The third-order valence-electron chi connectivity index (χ3n) is 2.34. The molecule has 0 bridgehead atoms. The maximum Gasteiger partial charge on any atom is 0.107 e. The molecule has 4 heteroatoms. The van der Waals surface area contributed by atoms with Crippen LogP contribution in [0.25, 0.3) is 10.6 Å². The summed E-state index contributed by atoms with van der Waals surface area (Å²) in [6.45, 7) is 6.18. The summed E-state index contributed by atoms with van der Waals surface area (Å²) in [6.07, 6.45) is 1.11. The molecule has 2 aromatic rings. The minimum atomic E-state index is 0.882. The lowest BCUT2D eigenvalue weighted by Crippen LogP contribution is -2.11. The summed E-state index contributed by atoms with van der Waals surface area (Å²) in [7, 11) is 0. The summed E-state index contributed by atoms with van der Waals surface area (Å²) in [5.74, 6) is 0. The van der Waals surface area contributed by atoms with Crippen LogP contribution in [0.4, 0.5) is 0 Å². The molecule has 0 saturated heterocycles. The summed E-state index contributed by atoms with van der Waals surface area (Å²) in [6, 6.07) is 4.37. The molecule has 16 heavy (non-hydrogen) atoms. The Bertz CT molecular complexity index is 445. The highest BCUT2D eigenvalue weighted by Gasteiger charge is 2.06. The van der Waals surface area contributed by atoms with Crippen molar-refractivity contribution in [3.63, 3.8) is 0 Å². The van der Waals surface area contributed by atoms with E-state index in [4.69, 9.17) is 0 Å². The van der Waals surface area contributed by atoms with Gasteiger partial charge in [-0.15, -0.1) is 22.7 Å². The van der Waals surface area contributed by atoms with Gasteiger partial charge in [0.15, 0.2) is 0 Å². The van der Waals surface area contributed by atoms with Gasteiger partial charge in [0.25, 0.3) is 0 Å². The Morgan fingerprint density at radius 3 is 2.88 bits per heavy atom. The molecule has 86 valence electrons. The highest BCUT2D eigenvalue weighted by molar-refractivity contribution is 7.16. The van der Waals surface area contributed by atoms with Gasteiger partial charge in [-0.25, -0.2) is 4.98 Å². The maximum absolute atomic E-state index is 4.63. The van der Waals surface area contributed by atoms with Crippen molar-refractivity contribution in [3.05, 3.63) is 27.4 Å². The summed E-state index contributed by atoms with van der Waals surface area (Å²) in [5.41, 5.74) is 1.13. The zero-order valence-corrected chi connectivity index (χ0v) is 11.3. The largest absolute Gasteiger partial charge is 0.311 e. The first kappa shape index (κ1) is 11.8. The molecule has 0 radical (unpaired) electrons. The molecular weight excluding hydrogens is 236 g/mol. The standard InChI is InChI=1S/C12H16N2S2/c1-3-9-5-6-11(16-9)10-8-15-12(14-10)7-13-4-2/h5-6,8,13H,3-4,7H2,1-2H3. The number of nitrogens with zero attached hydrogens (tertiary/aromatic N) is 1. The van der Waals surface area contributed by atoms with Crippen molar-refractivity contribution in [1.29, 1.82) is 0 Å². The molecule has 0 unspecified atom stereocenters. The number of nitrogens with one attached hydrogen (secondary N) is 1. The van der Waals surface area contributed by atoms with E-state index in [9.17, 15) is 0 Å². The van der Waals surface area contributed by atoms with Gasteiger partial charge in [-0.3, -0.25) is 0 Å². The summed E-state index contributed by atoms with van der Waals surface area (Å²) in [5, 5.41) is 6.62. The van der Waals surface area contributed by atoms with Gasteiger partial charge in [-0.2, -0.15) is 0 Å². The molecular formula is C12H16N2S2. The van der Waals surface area contributed by atoms with Crippen LogP contribution in [0.15, 0.2) is 17.5 Å². The summed E-state index contributed by atoms with van der Waals surface area (Å²) in [4.78, 5) is 7.35. The van der Waals surface area contributed by atoms with Crippen LogP contribution in [0.3, 0.4) is 0 Å². The second-order valence-electron chi connectivity index (χ2n) is 3.53. The van der Waals surface area contributed by atoms with E-state index in [1.165, 1.54) is 14.8 Å². The SMILES string of the molecule is CCNCc1nc(-c2ccc(CC)s2)cs1. The average Bonchev–Trinajstić information content (AvgIpc) is 2.94. The van der Waals surface area contributed by atoms with Crippen LogP contribution in [-0.2, 0) is 13.0 Å². The number of aromatic nitrogens is 1. The molecule has 1 N–H and O–H groups in total. The van der Waals surface area contributed by atoms with E-state index in [-0.39, 0.29) is 0 Å². The summed E-state index contributed by atoms with van der Waals surface area (Å²) < 4.78 is 0. The normalized spacial score (nSPS) is 10.9. The van der Waals surface area contributed by atoms with Crippen molar-refractivity contribution in [3.8, 4) is 10.6 Å². The lowest BCUT2D eigenvalue weighted by molar-refractivity contribution is 0.723. The van der Waals surface area contributed by atoms with E-state index in [1.54, 1.807) is 11.3 Å². The molecule has 0 spiro atoms. The number of hydrogen-bond acceptors (Lipinski definition) is 4. The van der Waals surface area contributed by atoms with Crippen LogP contribution in [0.2, 0.25) is 0 Å². The topological polar surface area (TPSA) is 24.9 Å². The van der Waals surface area contributed by atoms with Gasteiger partial charge in [0, 0.05) is 16.8 Å². The van der Waals surface area contributed by atoms with Crippen LogP contribution in [0.5, 0.6) is 0 Å². The van der Waals surface area contributed by atoms with Gasteiger partial charge in [-0.1, -0.05) is 13.8 Å². The minimum Gasteiger partial charge on any atom is -0.311 e. The molecule has 0 aliphatic rings. The Hall–Kier alpha value is -0.710. The Labute approximate surface area is 104 Å². The molecule has 0 aliphatic carbocycles. The van der Waals surface area contributed by atoms with Crippen LogP contribution in [-0.4, -0.2) is 11.5 Å². The molecule has 2 rings (SSSR count). The van der Waals surface area contributed by atoms with E-state index < -0.39 is 0 Å². The van der Waals surface area contributed by atoms with Crippen LogP contribution in [0.1, 0.15) is 23.7 Å². The average molecular weight is 252 g/mol. The van der Waals surface area contributed by atoms with Crippen molar-refractivity contribution in [2.45, 2.75) is 26.8 Å². The first-order chi connectivity index (χ1) is 7.83. The van der Waals surface area contributed by atoms with Crippen molar-refractivity contribution in [1.82, 2.24) is 10.3 Å². The minimum absolute atomic E-state index is 0.882. The van der Waals surface area contributed by atoms with Gasteiger partial charge in [0.1, 0.15) is 5.01 Å².